The van der Waals surface area contributed by atoms with Gasteiger partial charge in [0.15, 0.2) is 0 Å². The van der Waals surface area contributed by atoms with Crippen LogP contribution in [0.3, 0.4) is 0 Å². The van der Waals surface area contributed by atoms with E-state index in [1.165, 1.54) is 6.42 Å². The van der Waals surface area contributed by atoms with Gasteiger partial charge in [-0.1, -0.05) is 33.1 Å². The molecule has 1 aromatic carbocycles. The fraction of sp³-hybridized carbons (Fsp3) is 0.632. The van der Waals surface area contributed by atoms with Crippen molar-refractivity contribution in [2.45, 2.75) is 51.5 Å². The van der Waals surface area contributed by atoms with Gasteiger partial charge in [0.05, 0.1) is 12.1 Å². The van der Waals surface area contributed by atoms with E-state index < -0.39 is 5.54 Å². The highest BCUT2D eigenvalue weighted by Crippen LogP contribution is 2.25. The molecule has 1 amide bonds. The summed E-state index contributed by atoms with van der Waals surface area (Å²) in [6.45, 7) is 6.23. The third kappa shape index (κ3) is 5.71. The first-order valence-electron chi connectivity index (χ1n) is 9.03. The van der Waals surface area contributed by atoms with Gasteiger partial charge in [-0.3, -0.25) is 4.79 Å². The second-order valence-electron chi connectivity index (χ2n) is 7.13. The Morgan fingerprint density at radius 3 is 2.46 bits per heavy atom. The molecule has 24 heavy (non-hydrogen) atoms. The van der Waals surface area contributed by atoms with Crippen molar-refractivity contribution in [1.82, 2.24) is 5.32 Å². The predicted molar refractivity (Wildman–Crippen MR) is 98.3 cm³/mol. The van der Waals surface area contributed by atoms with E-state index in [2.05, 4.69) is 24.5 Å². The summed E-state index contributed by atoms with van der Waals surface area (Å²) < 4.78 is 5.66. The third-order valence-electron chi connectivity index (χ3n) is 4.38. The second-order valence-corrected chi connectivity index (χ2v) is 7.13. The van der Waals surface area contributed by atoms with E-state index in [-0.39, 0.29) is 5.91 Å². The molecule has 1 aliphatic carbocycles. The van der Waals surface area contributed by atoms with E-state index >= 15 is 0 Å². The van der Waals surface area contributed by atoms with E-state index in [0.717, 1.165) is 43.7 Å². The van der Waals surface area contributed by atoms with Crippen molar-refractivity contribution in [2.75, 3.05) is 25.0 Å². The summed E-state index contributed by atoms with van der Waals surface area (Å²) in [5.74, 6) is 1.38. The Balaban J connectivity index is 1.67. The average molecular weight is 333 g/mol. The fourth-order valence-electron chi connectivity index (χ4n) is 2.90. The van der Waals surface area contributed by atoms with Gasteiger partial charge in [0, 0.05) is 18.8 Å². The molecular weight excluding hydrogens is 302 g/mol. The van der Waals surface area contributed by atoms with E-state index in [1.54, 1.807) is 0 Å². The monoisotopic (exact) mass is 333 g/mol. The maximum atomic E-state index is 12.2. The van der Waals surface area contributed by atoms with Gasteiger partial charge >= 0.3 is 0 Å². The van der Waals surface area contributed by atoms with Crippen molar-refractivity contribution >= 4 is 11.6 Å². The molecule has 1 fully saturated rings. The lowest BCUT2D eigenvalue weighted by molar-refractivity contribution is -0.127. The first-order valence-corrected chi connectivity index (χ1v) is 9.03. The molecule has 0 spiro atoms. The predicted octanol–water partition coefficient (Wildman–Crippen LogP) is 2.91. The third-order valence-corrected chi connectivity index (χ3v) is 4.38. The quantitative estimate of drug-likeness (QED) is 0.639. The highest BCUT2D eigenvalue weighted by atomic mass is 16.5. The number of rotatable bonds is 8. The lowest BCUT2D eigenvalue weighted by Gasteiger charge is -2.31. The molecule has 0 saturated heterocycles. The number of nitrogens with two attached hydrogens (primary N) is 1. The van der Waals surface area contributed by atoms with Crippen LogP contribution in [-0.2, 0) is 4.79 Å². The molecule has 0 aromatic heterocycles. The van der Waals surface area contributed by atoms with Gasteiger partial charge in [0.25, 0.3) is 0 Å². The summed E-state index contributed by atoms with van der Waals surface area (Å²) in [6, 6.07) is 7.90. The number of hydrogen-bond acceptors (Lipinski definition) is 4. The Labute approximate surface area is 145 Å². The van der Waals surface area contributed by atoms with Crippen molar-refractivity contribution in [1.29, 1.82) is 0 Å². The SMILES string of the molecule is CC(C)COc1ccc(NCCNC(=O)C2(N)CCCCC2)cc1. The molecule has 0 radical (unpaired) electrons. The Kier molecular flexibility index (Phi) is 6.91. The molecule has 1 saturated carbocycles. The second kappa shape index (κ2) is 8.92. The first kappa shape index (κ1) is 18.6. The molecule has 0 aliphatic heterocycles. The highest BCUT2D eigenvalue weighted by Gasteiger charge is 2.34. The van der Waals surface area contributed by atoms with Crippen LogP contribution in [0.4, 0.5) is 5.69 Å². The number of hydrogen-bond donors (Lipinski definition) is 3. The molecule has 1 aliphatic rings. The largest absolute Gasteiger partial charge is 0.493 e. The number of benzene rings is 1. The number of carbonyl (C=O) groups is 1. The van der Waals surface area contributed by atoms with Crippen molar-refractivity contribution in [2.24, 2.45) is 11.7 Å². The van der Waals surface area contributed by atoms with Crippen LogP contribution < -0.4 is 21.1 Å². The van der Waals surface area contributed by atoms with Crippen LogP contribution in [0.5, 0.6) is 5.75 Å². The topological polar surface area (TPSA) is 76.4 Å². The molecule has 5 heteroatoms. The number of ether oxygens (including phenoxy) is 1. The summed E-state index contributed by atoms with van der Waals surface area (Å²) in [5.41, 5.74) is 6.57. The smallest absolute Gasteiger partial charge is 0.240 e. The number of amides is 1. The summed E-state index contributed by atoms with van der Waals surface area (Å²) in [5, 5.41) is 6.25. The van der Waals surface area contributed by atoms with Crippen LogP contribution in [0, 0.1) is 5.92 Å². The molecule has 2 rings (SSSR count). The molecular formula is C19H31N3O2. The zero-order valence-corrected chi connectivity index (χ0v) is 14.9. The van der Waals surface area contributed by atoms with E-state index in [1.807, 2.05) is 24.3 Å². The minimum absolute atomic E-state index is 0.0126. The lowest BCUT2D eigenvalue weighted by Crippen LogP contribution is -2.55. The van der Waals surface area contributed by atoms with Crippen LogP contribution in [-0.4, -0.2) is 31.1 Å². The van der Waals surface area contributed by atoms with Crippen LogP contribution >= 0.6 is 0 Å². The number of anilines is 1. The first-order chi connectivity index (χ1) is 11.5. The van der Waals surface area contributed by atoms with Crippen LogP contribution in [0.2, 0.25) is 0 Å². The maximum Gasteiger partial charge on any atom is 0.240 e. The van der Waals surface area contributed by atoms with Crippen LogP contribution in [0.15, 0.2) is 24.3 Å². The lowest BCUT2D eigenvalue weighted by atomic mass is 9.82. The molecule has 0 atom stereocenters. The normalized spacial score (nSPS) is 16.7. The number of nitrogens with one attached hydrogen (secondary N) is 2. The molecule has 1 aromatic rings. The Hall–Kier alpha value is -1.75. The van der Waals surface area contributed by atoms with Gasteiger partial charge in [-0.25, -0.2) is 0 Å². The van der Waals surface area contributed by atoms with Gasteiger partial charge in [-0.2, -0.15) is 0 Å². The Morgan fingerprint density at radius 2 is 1.83 bits per heavy atom. The Bertz CT molecular complexity index is 508. The zero-order valence-electron chi connectivity index (χ0n) is 14.9. The van der Waals surface area contributed by atoms with E-state index in [9.17, 15) is 4.79 Å². The molecule has 134 valence electrons. The number of carbonyl (C=O) groups excluding carboxylic acids is 1. The van der Waals surface area contributed by atoms with Crippen molar-refractivity contribution in [3.63, 3.8) is 0 Å². The fourth-order valence-corrected chi connectivity index (χ4v) is 2.90. The Morgan fingerprint density at radius 1 is 1.17 bits per heavy atom. The molecule has 0 bridgehead atoms. The standard InChI is InChI=1S/C19H31N3O2/c1-15(2)14-24-17-8-6-16(7-9-17)21-12-13-22-18(23)19(20)10-4-3-5-11-19/h6-9,15,21H,3-5,10-14,20H2,1-2H3,(H,22,23). The molecule has 0 unspecified atom stereocenters. The summed E-state index contributed by atoms with van der Waals surface area (Å²) in [6.07, 6.45) is 4.87. The van der Waals surface area contributed by atoms with Gasteiger partial charge in [0.1, 0.15) is 5.75 Å². The van der Waals surface area contributed by atoms with Crippen molar-refractivity contribution in [3.05, 3.63) is 24.3 Å². The van der Waals surface area contributed by atoms with E-state index in [0.29, 0.717) is 19.0 Å². The van der Waals surface area contributed by atoms with Gasteiger partial charge in [0.2, 0.25) is 5.91 Å². The van der Waals surface area contributed by atoms with Crippen molar-refractivity contribution in [3.8, 4) is 5.75 Å². The molecule has 0 heterocycles. The average Bonchev–Trinajstić information content (AvgIpc) is 2.58. The summed E-state index contributed by atoms with van der Waals surface area (Å²) in [7, 11) is 0. The molecule has 4 N–H and O–H groups in total. The minimum atomic E-state index is -0.659. The minimum Gasteiger partial charge on any atom is -0.493 e. The molecule has 5 nitrogen and oxygen atoms in total. The highest BCUT2D eigenvalue weighted by molar-refractivity contribution is 5.86. The van der Waals surface area contributed by atoms with Gasteiger partial charge in [-0.05, 0) is 43.0 Å². The summed E-state index contributed by atoms with van der Waals surface area (Å²) >= 11 is 0. The maximum absolute atomic E-state index is 12.2. The van der Waals surface area contributed by atoms with Crippen molar-refractivity contribution < 1.29 is 9.53 Å². The van der Waals surface area contributed by atoms with Gasteiger partial charge in [-0.15, -0.1) is 0 Å². The summed E-state index contributed by atoms with van der Waals surface area (Å²) in [4.78, 5) is 12.2. The van der Waals surface area contributed by atoms with Crippen LogP contribution in [0.1, 0.15) is 46.0 Å². The zero-order chi connectivity index (χ0) is 17.4. The van der Waals surface area contributed by atoms with Gasteiger partial charge < -0.3 is 21.1 Å². The van der Waals surface area contributed by atoms with Crippen LogP contribution in [0.25, 0.3) is 0 Å². The van der Waals surface area contributed by atoms with E-state index in [4.69, 9.17) is 10.5 Å².